The Balaban J connectivity index is 0.000000180. The van der Waals surface area contributed by atoms with Gasteiger partial charge in [-0.15, -0.1) is 0 Å². The highest BCUT2D eigenvalue weighted by molar-refractivity contribution is 5.69. The minimum atomic E-state index is -4.54. The molecule has 2 aliphatic carbocycles. The molecule has 2 saturated carbocycles. The van der Waals surface area contributed by atoms with Gasteiger partial charge in [0, 0.05) is 84.2 Å². The van der Waals surface area contributed by atoms with Gasteiger partial charge in [-0.25, -0.2) is 4.79 Å². The first kappa shape index (κ1) is 42.9. The zero-order valence-corrected chi connectivity index (χ0v) is 36.1. The summed E-state index contributed by atoms with van der Waals surface area (Å²) < 4.78 is 108. The number of fused-ring (bicyclic) bond motifs is 2. The number of carbonyl (C=O) groups excluding carboxylic acids is 1. The van der Waals surface area contributed by atoms with Gasteiger partial charge in [0.25, 0.3) is 0 Å². The maximum absolute atomic E-state index is 13.3. The lowest BCUT2D eigenvalue weighted by Crippen LogP contribution is -2.36. The van der Waals surface area contributed by atoms with Crippen LogP contribution >= 0.6 is 0 Å². The molecule has 0 aromatic carbocycles. The predicted molar refractivity (Wildman–Crippen MR) is 230 cm³/mol. The van der Waals surface area contributed by atoms with Crippen LogP contribution in [-0.2, 0) is 21.8 Å². The fourth-order valence-corrected chi connectivity index (χ4v) is 9.93. The van der Waals surface area contributed by atoms with Gasteiger partial charge in [0.15, 0.2) is 11.4 Å². The standard InChI is InChI=1S/C24H29F3N4O.C23H27F3N4O2/c25-24(26,27)23-21(2-1-7-28-23)22-4-3-19(12-29-22)30-20-10-17-14-31(15-18(17)11-20)13-16-5-8-32-9-6-16;1-22(2,3)32-21(31)30-12-14-9-17(10-15(14)13-30)29-16-6-7-19(28-11-16)18-5-4-8-27-20(18)23(24,25)26/h1-4,7,12,16-18,20,30H,5-6,8-11,13-15H2;4-8,11,14-15,17,29H,9-10,12-13H2,1-3H3/t17-,18+,20?;14-,15+,17?/i13D2;. The molecule has 5 fully saturated rings. The molecule has 11 nitrogen and oxygen atoms in total. The van der Waals surface area contributed by atoms with Crippen molar-refractivity contribution in [1.29, 1.82) is 0 Å². The first-order chi connectivity index (χ1) is 31.2. The van der Waals surface area contributed by atoms with Crippen molar-refractivity contribution >= 4 is 17.5 Å². The van der Waals surface area contributed by atoms with Gasteiger partial charge in [0.05, 0.1) is 35.2 Å². The number of rotatable bonds is 8. The molecule has 3 aliphatic heterocycles. The summed E-state index contributed by atoms with van der Waals surface area (Å²) in [7, 11) is 0. The molecule has 64 heavy (non-hydrogen) atoms. The molecule has 1 amide bonds. The summed E-state index contributed by atoms with van der Waals surface area (Å²) >= 11 is 0. The van der Waals surface area contributed by atoms with Crippen molar-refractivity contribution in [1.82, 2.24) is 29.7 Å². The van der Waals surface area contributed by atoms with Crippen LogP contribution < -0.4 is 10.6 Å². The van der Waals surface area contributed by atoms with E-state index in [1.54, 1.807) is 41.6 Å². The summed E-state index contributed by atoms with van der Waals surface area (Å²) in [6, 6.07) is 12.9. The Hall–Kier alpha value is -5.03. The van der Waals surface area contributed by atoms with Gasteiger partial charge in [-0.05, 0) is 137 Å². The number of likely N-dealkylation sites (tertiary alicyclic amines) is 2. The quantitative estimate of drug-likeness (QED) is 0.166. The van der Waals surface area contributed by atoms with Crippen molar-refractivity contribution in [3.05, 3.63) is 84.7 Å². The van der Waals surface area contributed by atoms with Crippen LogP contribution in [0, 0.1) is 29.6 Å². The summed E-state index contributed by atoms with van der Waals surface area (Å²) in [5.41, 5.74) is -0.439. The van der Waals surface area contributed by atoms with Crippen LogP contribution in [0.1, 0.15) is 73.4 Å². The number of halogens is 6. The maximum atomic E-state index is 13.3. The van der Waals surface area contributed by atoms with Gasteiger partial charge < -0.3 is 29.9 Å². The molecule has 9 rings (SSSR count). The van der Waals surface area contributed by atoms with Crippen molar-refractivity contribution in [3.63, 3.8) is 0 Å². The van der Waals surface area contributed by atoms with E-state index >= 15 is 0 Å². The molecular formula is C47H56F6N8O3. The van der Waals surface area contributed by atoms with E-state index in [2.05, 4.69) is 30.6 Å². The van der Waals surface area contributed by atoms with Gasteiger partial charge in [-0.1, -0.05) is 0 Å². The molecule has 4 aromatic heterocycles. The largest absolute Gasteiger partial charge is 0.444 e. The monoisotopic (exact) mass is 896 g/mol. The van der Waals surface area contributed by atoms with E-state index in [0.29, 0.717) is 50.0 Å². The maximum Gasteiger partial charge on any atom is 0.434 e. The molecular weight excluding hydrogens is 839 g/mol. The Bertz CT molecular complexity index is 2270. The van der Waals surface area contributed by atoms with Crippen LogP contribution in [0.2, 0.25) is 0 Å². The summed E-state index contributed by atoms with van der Waals surface area (Å²) in [6.45, 7) is 8.49. The first-order valence-electron chi connectivity index (χ1n) is 23.0. The summed E-state index contributed by atoms with van der Waals surface area (Å²) in [6.07, 6.45) is 1.36. The summed E-state index contributed by atoms with van der Waals surface area (Å²) in [5, 5.41) is 6.92. The lowest BCUT2D eigenvalue weighted by atomic mass is 10.00. The minimum absolute atomic E-state index is 0.0243. The molecule has 0 radical (unpaired) electrons. The Morgan fingerprint density at radius 3 is 1.56 bits per heavy atom. The van der Waals surface area contributed by atoms with E-state index in [0.717, 1.165) is 75.4 Å². The second-order valence-corrected chi connectivity index (χ2v) is 18.6. The predicted octanol–water partition coefficient (Wildman–Crippen LogP) is 9.93. The highest BCUT2D eigenvalue weighted by Gasteiger charge is 2.44. The fourth-order valence-electron chi connectivity index (χ4n) is 9.93. The fraction of sp³-hybridized carbons (Fsp3) is 0.553. The smallest absolute Gasteiger partial charge is 0.434 e. The van der Waals surface area contributed by atoms with E-state index < -0.39 is 35.8 Å². The number of pyridine rings is 4. The van der Waals surface area contributed by atoms with Crippen molar-refractivity contribution in [2.75, 3.05) is 56.5 Å². The molecule has 0 spiro atoms. The molecule has 17 heteroatoms. The third kappa shape index (κ3) is 11.2. The Kier molecular flexibility index (Phi) is 12.6. The minimum Gasteiger partial charge on any atom is -0.444 e. The lowest BCUT2D eigenvalue weighted by Gasteiger charge is -2.27. The molecule has 2 N–H and O–H groups in total. The van der Waals surface area contributed by atoms with E-state index in [1.807, 2.05) is 25.7 Å². The Morgan fingerprint density at radius 1 is 0.703 bits per heavy atom. The SMILES string of the molecule is CC(C)(C)OC(=O)N1C[C@H]2CC(Nc3ccc(-c4cccnc4C(F)(F)F)nc3)C[C@H]2C1.[2H]C([2H])(C1CCOCC1)N1C[C@H]2CC(Nc3ccc(-c4cccnc4C(F)(F)F)nc3)C[C@H]2C1. The van der Waals surface area contributed by atoms with Crippen LogP contribution in [0.4, 0.5) is 42.5 Å². The van der Waals surface area contributed by atoms with Gasteiger partial charge in [0.2, 0.25) is 0 Å². The van der Waals surface area contributed by atoms with Crippen LogP contribution in [-0.4, -0.2) is 99.4 Å². The Labute approximate surface area is 372 Å². The third-order valence-electron chi connectivity index (χ3n) is 12.7. The number of hydrogen-bond donors (Lipinski definition) is 2. The number of amides is 1. The summed E-state index contributed by atoms with van der Waals surface area (Å²) in [5.74, 6) is 1.75. The Morgan fingerprint density at radius 2 is 1.16 bits per heavy atom. The number of nitrogens with zero attached hydrogens (tertiary/aromatic N) is 6. The molecule has 2 unspecified atom stereocenters. The van der Waals surface area contributed by atoms with Crippen LogP contribution in [0.15, 0.2) is 73.3 Å². The number of carbonyl (C=O) groups is 1. The van der Waals surface area contributed by atoms with Crippen molar-refractivity contribution in [2.45, 2.75) is 89.3 Å². The van der Waals surface area contributed by atoms with Crippen LogP contribution in [0.3, 0.4) is 0 Å². The number of nitrogens with one attached hydrogen (secondary N) is 2. The average molecular weight is 897 g/mol. The average Bonchev–Trinajstić information content (AvgIpc) is 4.05. The van der Waals surface area contributed by atoms with E-state index in [4.69, 9.17) is 12.2 Å². The number of aromatic nitrogens is 4. The molecule has 5 aliphatic rings. The number of ether oxygens (including phenoxy) is 2. The highest BCUT2D eigenvalue weighted by atomic mass is 19.4. The highest BCUT2D eigenvalue weighted by Crippen LogP contribution is 2.42. The topological polar surface area (TPSA) is 118 Å². The molecule has 0 bridgehead atoms. The molecule has 6 atom stereocenters. The first-order valence-corrected chi connectivity index (χ1v) is 22.0. The second-order valence-electron chi connectivity index (χ2n) is 18.6. The number of alkyl halides is 6. The van der Waals surface area contributed by atoms with Gasteiger partial charge >= 0.3 is 18.4 Å². The van der Waals surface area contributed by atoms with Gasteiger partial charge in [-0.2, -0.15) is 26.3 Å². The normalized spacial score (nSPS) is 25.7. The zero-order chi connectivity index (χ0) is 47.0. The van der Waals surface area contributed by atoms with Gasteiger partial charge in [0.1, 0.15) is 5.60 Å². The van der Waals surface area contributed by atoms with Crippen molar-refractivity contribution < 1.29 is 43.4 Å². The van der Waals surface area contributed by atoms with Gasteiger partial charge in [-0.3, -0.25) is 19.9 Å². The zero-order valence-electron chi connectivity index (χ0n) is 38.1. The van der Waals surface area contributed by atoms with Crippen LogP contribution in [0.25, 0.3) is 22.5 Å². The second kappa shape index (κ2) is 18.8. The molecule has 344 valence electrons. The van der Waals surface area contributed by atoms with E-state index in [-0.39, 0.29) is 46.6 Å². The van der Waals surface area contributed by atoms with E-state index in [1.165, 1.54) is 24.3 Å². The summed E-state index contributed by atoms with van der Waals surface area (Å²) in [4.78, 5) is 31.6. The van der Waals surface area contributed by atoms with Crippen LogP contribution in [0.5, 0.6) is 0 Å². The number of anilines is 2. The molecule has 3 saturated heterocycles. The van der Waals surface area contributed by atoms with E-state index in [9.17, 15) is 31.1 Å². The lowest BCUT2D eigenvalue weighted by molar-refractivity contribution is -0.141. The molecule has 4 aromatic rings. The number of hydrogen-bond acceptors (Lipinski definition) is 10. The third-order valence-corrected chi connectivity index (χ3v) is 12.7. The van der Waals surface area contributed by atoms with Crippen molar-refractivity contribution in [3.8, 4) is 22.5 Å². The van der Waals surface area contributed by atoms with Crippen molar-refractivity contribution in [2.24, 2.45) is 29.6 Å². The molecule has 7 heterocycles.